The minimum atomic E-state index is -0.535. The summed E-state index contributed by atoms with van der Waals surface area (Å²) in [5.74, 6) is -0.535. The lowest BCUT2D eigenvalue weighted by Crippen LogP contribution is -2.24. The first-order chi connectivity index (χ1) is 9.02. The molecule has 7 heteroatoms. The van der Waals surface area contributed by atoms with Crippen molar-refractivity contribution in [2.24, 2.45) is 0 Å². The quantitative estimate of drug-likeness (QED) is 0.797. The van der Waals surface area contributed by atoms with Gasteiger partial charge in [0.25, 0.3) is 5.56 Å². The number of rotatable bonds is 2. The van der Waals surface area contributed by atoms with E-state index in [-0.39, 0.29) is 17.7 Å². The Hall–Kier alpha value is -1.52. The van der Waals surface area contributed by atoms with Gasteiger partial charge in [-0.05, 0) is 44.0 Å². The van der Waals surface area contributed by atoms with Crippen molar-refractivity contribution in [3.05, 3.63) is 60.6 Å². The van der Waals surface area contributed by atoms with Crippen LogP contribution in [0, 0.1) is 17.1 Å². The van der Waals surface area contributed by atoms with Gasteiger partial charge in [0.2, 0.25) is 0 Å². The molecule has 0 radical (unpaired) electrons. The molecule has 0 N–H and O–H groups in total. The third-order valence-corrected chi connectivity index (χ3v) is 4.34. The van der Waals surface area contributed by atoms with Crippen LogP contribution in [0.1, 0.15) is 11.1 Å². The number of hydrogen-bond acceptors (Lipinski definition) is 3. The van der Waals surface area contributed by atoms with Crippen LogP contribution in [0.15, 0.2) is 38.1 Å². The molecular weight excluding hydrogens is 381 g/mol. The monoisotopic (exact) mass is 385 g/mol. The van der Waals surface area contributed by atoms with Crippen molar-refractivity contribution in [2.45, 2.75) is 6.54 Å². The summed E-state index contributed by atoms with van der Waals surface area (Å²) < 4.78 is 15.7. The Balaban J connectivity index is 2.40. The average molecular weight is 387 g/mol. The van der Waals surface area contributed by atoms with E-state index in [1.54, 1.807) is 0 Å². The van der Waals surface area contributed by atoms with E-state index in [0.29, 0.717) is 14.5 Å². The van der Waals surface area contributed by atoms with Crippen molar-refractivity contribution in [1.29, 1.82) is 5.26 Å². The number of nitriles is 1. The zero-order chi connectivity index (χ0) is 14.0. The molecule has 0 bridgehead atoms. The van der Waals surface area contributed by atoms with Crippen molar-refractivity contribution < 1.29 is 4.39 Å². The fourth-order valence-electron chi connectivity index (χ4n) is 1.46. The van der Waals surface area contributed by atoms with E-state index >= 15 is 0 Å². The minimum absolute atomic E-state index is 0.00224. The summed E-state index contributed by atoms with van der Waals surface area (Å²) in [6, 6.07) is 5.95. The topological polar surface area (TPSA) is 58.7 Å². The molecule has 0 aliphatic heterocycles. The predicted octanol–water partition coefficient (Wildman–Crippen LogP) is 2.83. The van der Waals surface area contributed by atoms with Gasteiger partial charge in [-0.1, -0.05) is 6.07 Å². The molecule has 0 aliphatic carbocycles. The van der Waals surface area contributed by atoms with Gasteiger partial charge in [-0.15, -0.1) is 0 Å². The van der Waals surface area contributed by atoms with Gasteiger partial charge < -0.3 is 0 Å². The zero-order valence-electron chi connectivity index (χ0n) is 9.40. The molecule has 4 nitrogen and oxygen atoms in total. The summed E-state index contributed by atoms with van der Waals surface area (Å²) in [4.78, 5) is 11.9. The second kappa shape index (κ2) is 5.63. The van der Waals surface area contributed by atoms with Crippen molar-refractivity contribution in [1.82, 2.24) is 9.78 Å². The Morgan fingerprint density at radius 2 is 2.16 bits per heavy atom. The number of benzene rings is 1. The van der Waals surface area contributed by atoms with Crippen molar-refractivity contribution in [3.8, 4) is 6.07 Å². The van der Waals surface area contributed by atoms with Gasteiger partial charge in [0.1, 0.15) is 10.3 Å². The summed E-state index contributed by atoms with van der Waals surface area (Å²) in [5, 5.41) is 12.6. The zero-order valence-corrected chi connectivity index (χ0v) is 12.6. The molecule has 0 saturated carbocycles. The van der Waals surface area contributed by atoms with Gasteiger partial charge in [-0.25, -0.2) is 9.07 Å². The highest BCUT2D eigenvalue weighted by molar-refractivity contribution is 9.13. The largest absolute Gasteiger partial charge is 0.282 e. The van der Waals surface area contributed by atoms with E-state index in [2.05, 4.69) is 37.0 Å². The molecule has 1 aromatic carbocycles. The fourth-order valence-corrected chi connectivity index (χ4v) is 2.03. The van der Waals surface area contributed by atoms with Crippen LogP contribution in [-0.4, -0.2) is 9.78 Å². The molecule has 2 aromatic rings. The molecule has 19 heavy (non-hydrogen) atoms. The van der Waals surface area contributed by atoms with E-state index in [0.717, 1.165) is 10.7 Å². The van der Waals surface area contributed by atoms with Gasteiger partial charge >= 0.3 is 0 Å². The van der Waals surface area contributed by atoms with Gasteiger partial charge in [-0.2, -0.15) is 10.4 Å². The van der Waals surface area contributed by atoms with E-state index in [1.807, 2.05) is 6.07 Å². The molecule has 0 saturated heterocycles. The van der Waals surface area contributed by atoms with Crippen LogP contribution in [0.2, 0.25) is 0 Å². The molecule has 2 rings (SSSR count). The van der Waals surface area contributed by atoms with Crippen molar-refractivity contribution >= 4 is 31.9 Å². The summed E-state index contributed by atoms with van der Waals surface area (Å²) in [5.41, 5.74) is 0.166. The highest BCUT2D eigenvalue weighted by atomic mass is 79.9. The molecule has 0 amide bonds. The Labute approximate surface area is 124 Å². The first-order valence-electron chi connectivity index (χ1n) is 5.12. The van der Waals surface area contributed by atoms with Crippen LogP contribution < -0.4 is 5.56 Å². The van der Waals surface area contributed by atoms with Crippen LogP contribution >= 0.6 is 31.9 Å². The van der Waals surface area contributed by atoms with Crippen molar-refractivity contribution in [2.75, 3.05) is 0 Å². The SMILES string of the molecule is N#Cc1ccc(Cn2ncc(Br)c(Br)c2=O)c(F)c1. The standard InChI is InChI=1S/C12H6Br2FN3O/c13-9-5-17-18(12(19)11(9)14)6-8-2-1-7(4-16)3-10(8)15/h1-3,5H,6H2. The van der Waals surface area contributed by atoms with Gasteiger partial charge in [0.15, 0.2) is 0 Å². The Morgan fingerprint density at radius 1 is 1.42 bits per heavy atom. The maximum Gasteiger partial charge on any atom is 0.282 e. The number of halogens is 3. The lowest BCUT2D eigenvalue weighted by molar-refractivity contribution is 0.570. The van der Waals surface area contributed by atoms with Gasteiger partial charge in [-0.3, -0.25) is 4.79 Å². The highest BCUT2D eigenvalue weighted by Gasteiger charge is 2.10. The fraction of sp³-hybridized carbons (Fsp3) is 0.0833. The number of nitrogens with zero attached hydrogens (tertiary/aromatic N) is 3. The molecule has 1 aromatic heterocycles. The summed E-state index contributed by atoms with van der Waals surface area (Å²) in [6.45, 7) is 0.00224. The second-order valence-corrected chi connectivity index (χ2v) is 5.33. The Kier molecular flexibility index (Phi) is 4.12. The first kappa shape index (κ1) is 13.9. The highest BCUT2D eigenvalue weighted by Crippen LogP contribution is 2.17. The smallest absolute Gasteiger partial charge is 0.266 e. The molecule has 0 fully saturated rings. The average Bonchev–Trinajstić information content (AvgIpc) is 2.41. The normalized spacial score (nSPS) is 10.2. The maximum absolute atomic E-state index is 13.7. The van der Waals surface area contributed by atoms with E-state index in [9.17, 15) is 9.18 Å². The van der Waals surface area contributed by atoms with Crippen LogP contribution in [0.25, 0.3) is 0 Å². The number of aromatic nitrogens is 2. The van der Waals surface area contributed by atoms with Crippen molar-refractivity contribution in [3.63, 3.8) is 0 Å². The molecule has 0 spiro atoms. The maximum atomic E-state index is 13.7. The third kappa shape index (κ3) is 2.91. The van der Waals surface area contributed by atoms with E-state index in [4.69, 9.17) is 5.26 Å². The molecule has 1 heterocycles. The second-order valence-electron chi connectivity index (χ2n) is 3.69. The molecule has 0 atom stereocenters. The van der Waals surface area contributed by atoms with E-state index < -0.39 is 5.82 Å². The molecular formula is C12H6Br2FN3O. The number of hydrogen-bond donors (Lipinski definition) is 0. The summed E-state index contributed by atoms with van der Waals surface area (Å²) in [6.07, 6.45) is 1.45. The summed E-state index contributed by atoms with van der Waals surface area (Å²) in [7, 11) is 0. The van der Waals surface area contributed by atoms with Crippen LogP contribution in [0.4, 0.5) is 4.39 Å². The van der Waals surface area contributed by atoms with Gasteiger partial charge in [0, 0.05) is 5.56 Å². The van der Waals surface area contributed by atoms with Crippen LogP contribution in [0.3, 0.4) is 0 Å². The van der Waals surface area contributed by atoms with Gasteiger partial charge in [0.05, 0.1) is 28.8 Å². The van der Waals surface area contributed by atoms with Crippen LogP contribution in [-0.2, 0) is 6.54 Å². The lowest BCUT2D eigenvalue weighted by Gasteiger charge is -2.07. The lowest BCUT2D eigenvalue weighted by atomic mass is 10.1. The summed E-state index contributed by atoms with van der Waals surface area (Å²) >= 11 is 6.29. The third-order valence-electron chi connectivity index (χ3n) is 2.44. The first-order valence-corrected chi connectivity index (χ1v) is 6.71. The predicted molar refractivity (Wildman–Crippen MR) is 74.1 cm³/mol. The van der Waals surface area contributed by atoms with Crippen LogP contribution in [0.5, 0.6) is 0 Å². The Morgan fingerprint density at radius 3 is 2.79 bits per heavy atom. The molecule has 0 unspecified atom stereocenters. The van der Waals surface area contributed by atoms with E-state index in [1.165, 1.54) is 18.3 Å². The minimum Gasteiger partial charge on any atom is -0.266 e. The molecule has 0 aliphatic rings. The molecule has 96 valence electrons. The Bertz CT molecular complexity index is 737.